The number of para-hydroxylation sites is 2. The van der Waals surface area contributed by atoms with E-state index in [1.54, 1.807) is 42.1 Å². The van der Waals surface area contributed by atoms with E-state index in [0.717, 1.165) is 39.5 Å². The van der Waals surface area contributed by atoms with Crippen LogP contribution in [0.4, 0.5) is 5.69 Å². The molecule has 7 heterocycles. The Morgan fingerprint density at radius 1 is 0.769 bits per heavy atom. The second-order valence-electron chi connectivity index (χ2n) is 14.0. The summed E-state index contributed by atoms with van der Waals surface area (Å²) in [5, 5.41) is 11.8. The van der Waals surface area contributed by atoms with E-state index in [2.05, 4.69) is 16.8 Å². The summed E-state index contributed by atoms with van der Waals surface area (Å²) < 4.78 is 8.82. The van der Waals surface area contributed by atoms with Crippen LogP contribution < -0.4 is 4.90 Å². The zero-order valence-electron chi connectivity index (χ0n) is 30.1. The average Bonchev–Trinajstić information content (AvgIpc) is 3.78. The number of piperazine rings is 2. The van der Waals surface area contributed by atoms with Gasteiger partial charge in [0.05, 0.1) is 13.2 Å². The van der Waals surface area contributed by atoms with Crippen molar-refractivity contribution in [3.05, 3.63) is 65.9 Å². The van der Waals surface area contributed by atoms with Crippen molar-refractivity contribution in [1.82, 2.24) is 24.2 Å². The zero-order chi connectivity index (χ0) is 37.2. The molecule has 6 aliphatic rings. The molecule has 6 bridgehead atoms. The molecule has 0 aliphatic carbocycles. The summed E-state index contributed by atoms with van der Waals surface area (Å²) in [5.74, 6) is -1.04. The van der Waals surface area contributed by atoms with E-state index in [1.165, 1.54) is 40.2 Å². The van der Waals surface area contributed by atoms with Gasteiger partial charge in [0.1, 0.15) is 18.4 Å². The molecule has 16 heteroatoms. The van der Waals surface area contributed by atoms with Crippen molar-refractivity contribution in [3.8, 4) is 0 Å². The smallest absolute Gasteiger partial charge is 0.264 e. The van der Waals surface area contributed by atoms with E-state index in [9.17, 15) is 19.5 Å². The number of amides is 4. The van der Waals surface area contributed by atoms with Crippen molar-refractivity contribution < 1.29 is 29.0 Å². The van der Waals surface area contributed by atoms with Crippen molar-refractivity contribution in [2.24, 2.45) is 0 Å². The van der Waals surface area contributed by atoms with Crippen LogP contribution in [0.15, 0.2) is 54.7 Å². The van der Waals surface area contributed by atoms with Gasteiger partial charge in [0, 0.05) is 62.3 Å². The lowest BCUT2D eigenvalue weighted by Gasteiger charge is -2.54. The molecule has 3 fully saturated rings. The number of aliphatic hydroxyl groups excluding tert-OH is 1. The number of carbonyl (C=O) groups excluding carboxylic acids is 4. The van der Waals surface area contributed by atoms with Gasteiger partial charge in [-0.2, -0.15) is 0 Å². The second-order valence-corrected chi connectivity index (χ2v) is 18.4. The molecule has 1 aromatic heterocycles. The van der Waals surface area contributed by atoms with Crippen LogP contribution in [-0.4, -0.2) is 145 Å². The first kappa shape index (κ1) is 36.0. The van der Waals surface area contributed by atoms with Crippen LogP contribution in [0.3, 0.4) is 0 Å². The van der Waals surface area contributed by atoms with E-state index < -0.39 is 37.8 Å². The minimum absolute atomic E-state index is 0.0475. The Labute approximate surface area is 319 Å². The van der Waals surface area contributed by atoms with E-state index in [4.69, 9.17) is 4.74 Å². The molecule has 0 unspecified atom stereocenters. The Bertz CT molecular complexity index is 2040. The lowest BCUT2D eigenvalue weighted by molar-refractivity contribution is -0.167. The van der Waals surface area contributed by atoms with Gasteiger partial charge in [-0.25, -0.2) is 0 Å². The van der Waals surface area contributed by atoms with Crippen molar-refractivity contribution >= 4 is 87.3 Å². The van der Waals surface area contributed by atoms with Gasteiger partial charge in [-0.3, -0.25) is 24.1 Å². The molecule has 0 radical (unpaired) electrons. The number of ether oxygens (including phenoxy) is 1. The first-order valence-electron chi connectivity index (χ1n) is 16.9. The highest BCUT2D eigenvalue weighted by molar-refractivity contribution is 8.02. The Morgan fingerprint density at radius 3 is 2.06 bits per heavy atom. The maximum atomic E-state index is 15.2. The maximum Gasteiger partial charge on any atom is 0.264 e. The minimum Gasteiger partial charge on any atom is -0.392 e. The van der Waals surface area contributed by atoms with Gasteiger partial charge in [-0.1, -0.05) is 36.4 Å². The van der Waals surface area contributed by atoms with E-state index in [0.29, 0.717) is 0 Å². The molecule has 3 aromatic rings. The van der Waals surface area contributed by atoms with Crippen LogP contribution in [0, 0.1) is 0 Å². The number of benzene rings is 2. The minimum atomic E-state index is -1.54. The number of hydrogen-bond donors (Lipinski definition) is 1. The number of aliphatic hydroxyl groups is 1. The van der Waals surface area contributed by atoms with E-state index >= 15 is 4.79 Å². The fourth-order valence-electron chi connectivity index (χ4n) is 9.55. The zero-order valence-corrected chi connectivity index (χ0v) is 33.4. The van der Waals surface area contributed by atoms with E-state index in [1.807, 2.05) is 66.1 Å². The fourth-order valence-corrected chi connectivity index (χ4v) is 13.2. The van der Waals surface area contributed by atoms with Crippen molar-refractivity contribution in [2.75, 3.05) is 71.0 Å². The Balaban J connectivity index is 1.48. The van der Waals surface area contributed by atoms with Gasteiger partial charge in [0.2, 0.25) is 0 Å². The standard InChI is InChI=1S/C36H42N6O6S4/c1-37-30(46)36(52-7)20-48-21-40-26-15-11-9-13-24(26)32(18-34(50-5)29(45)38(2)35(19-43,51-6)31(47)42(34)27(32)40)41-17-22(23-12-8-10-14-25(23)41)16-33(37,49-4)28(44)39(36)3/h8-15,17,27,43H,16,18-21H2,1-7H3/t27-,32+,33+,34+,35+,36+/m1/s1. The van der Waals surface area contributed by atoms with Gasteiger partial charge in [-0.15, -0.1) is 47.0 Å². The van der Waals surface area contributed by atoms with Crippen LogP contribution in [0.5, 0.6) is 0 Å². The monoisotopic (exact) mass is 782 g/mol. The molecule has 9 rings (SSSR count). The molecule has 2 aromatic carbocycles. The molecular weight excluding hydrogens is 741 g/mol. The first-order valence-corrected chi connectivity index (χ1v) is 21.8. The maximum absolute atomic E-state index is 15.2. The van der Waals surface area contributed by atoms with Gasteiger partial charge >= 0.3 is 0 Å². The lowest BCUT2D eigenvalue weighted by Crippen LogP contribution is -2.75. The summed E-state index contributed by atoms with van der Waals surface area (Å²) in [6, 6.07) is 16.0. The molecule has 0 saturated carbocycles. The van der Waals surface area contributed by atoms with E-state index in [-0.39, 0.29) is 49.8 Å². The van der Waals surface area contributed by atoms with Gasteiger partial charge in [-0.05, 0) is 42.7 Å². The SMILES string of the molecule is CS[C@]12COCN3c4ccccc4[C@]4(C[C@]5(SC)C(=O)N(C)[C@@](CO)(SC)C(=O)N5[C@@H]34)n3cc(c4ccccc43)C[C@](SC)(C(=O)N1C)N(C)C2=O. The molecule has 4 amide bonds. The highest BCUT2D eigenvalue weighted by atomic mass is 32.2. The Hall–Kier alpha value is -3.02. The molecule has 0 spiro atoms. The lowest BCUT2D eigenvalue weighted by atomic mass is 9.86. The van der Waals surface area contributed by atoms with Crippen molar-refractivity contribution in [1.29, 1.82) is 0 Å². The van der Waals surface area contributed by atoms with Crippen LogP contribution in [0.2, 0.25) is 0 Å². The highest BCUT2D eigenvalue weighted by Crippen LogP contribution is 2.64. The molecule has 6 aliphatic heterocycles. The highest BCUT2D eigenvalue weighted by Gasteiger charge is 2.76. The largest absolute Gasteiger partial charge is 0.392 e. The number of nitrogens with zero attached hydrogens (tertiary/aromatic N) is 6. The molecule has 276 valence electrons. The molecule has 12 nitrogen and oxygen atoms in total. The van der Waals surface area contributed by atoms with Gasteiger partial charge < -0.3 is 34.0 Å². The number of anilines is 1. The number of thioether (sulfide) groups is 4. The molecule has 6 atom stereocenters. The van der Waals surface area contributed by atoms with Crippen molar-refractivity contribution in [2.45, 2.75) is 44.0 Å². The number of aromatic nitrogens is 1. The van der Waals surface area contributed by atoms with Crippen LogP contribution in [-0.2, 0) is 35.9 Å². The quantitative estimate of drug-likeness (QED) is 0.412. The van der Waals surface area contributed by atoms with Crippen LogP contribution >= 0.6 is 47.0 Å². The predicted molar refractivity (Wildman–Crippen MR) is 208 cm³/mol. The summed E-state index contributed by atoms with van der Waals surface area (Å²) in [7, 11) is 5.00. The van der Waals surface area contributed by atoms with Gasteiger partial charge in [0.15, 0.2) is 19.5 Å². The molecule has 3 saturated heterocycles. The van der Waals surface area contributed by atoms with Crippen LogP contribution in [0.25, 0.3) is 10.9 Å². The van der Waals surface area contributed by atoms with Gasteiger partial charge in [0.25, 0.3) is 23.6 Å². The number of likely N-dealkylation sites (N-methyl/N-ethyl adjacent to an activating group) is 3. The summed E-state index contributed by atoms with van der Waals surface area (Å²) in [4.78, 5) is 62.4. The third-order valence-corrected chi connectivity index (χ3v) is 17.3. The summed E-state index contributed by atoms with van der Waals surface area (Å²) in [6.07, 6.45) is 9.06. The number of carbonyl (C=O) groups is 4. The predicted octanol–water partition coefficient (Wildman–Crippen LogP) is 2.93. The summed E-state index contributed by atoms with van der Waals surface area (Å²) in [6.45, 7) is -0.711. The molecule has 1 N–H and O–H groups in total. The fraction of sp³-hybridized carbons (Fsp3) is 0.500. The third kappa shape index (κ3) is 3.98. The second kappa shape index (κ2) is 12.0. The Kier molecular flexibility index (Phi) is 8.30. The topological polar surface area (TPSA) is 119 Å². The van der Waals surface area contributed by atoms with Crippen LogP contribution in [0.1, 0.15) is 17.5 Å². The molecular formula is C36H42N6O6S4. The summed E-state index contributed by atoms with van der Waals surface area (Å²) in [5.41, 5.74) is 2.50. The molecule has 52 heavy (non-hydrogen) atoms. The number of rotatable bonds is 5. The third-order valence-electron chi connectivity index (χ3n) is 12.4. The number of fused-ring (bicyclic) bond motifs is 7. The average molecular weight is 783 g/mol. The Morgan fingerprint density at radius 2 is 1.38 bits per heavy atom. The van der Waals surface area contributed by atoms with Crippen molar-refractivity contribution in [3.63, 3.8) is 0 Å². The number of hydrogen-bond acceptors (Lipinski definition) is 11. The summed E-state index contributed by atoms with van der Waals surface area (Å²) >= 11 is 5.11. The first-order chi connectivity index (χ1) is 24.9. The normalized spacial score (nSPS) is 34.3.